The first kappa shape index (κ1) is 33.2. The molecule has 1 aromatic heterocycles. The summed E-state index contributed by atoms with van der Waals surface area (Å²) < 4.78 is 6.24. The van der Waals surface area contributed by atoms with Gasteiger partial charge in [0.05, 0.1) is 5.69 Å². The lowest BCUT2D eigenvalue weighted by Gasteiger charge is -2.28. The first-order valence-corrected chi connectivity index (χ1v) is 19.1. The molecule has 10 rings (SSSR count). The Kier molecular flexibility index (Phi) is 8.55. The van der Waals surface area contributed by atoms with Crippen molar-refractivity contribution in [3.8, 4) is 55.6 Å². The summed E-state index contributed by atoms with van der Waals surface area (Å²) in [6, 6.07) is 80.1. The Labute approximate surface area is 327 Å². The summed E-state index contributed by atoms with van der Waals surface area (Å²) >= 11 is 0. The third-order valence-corrected chi connectivity index (χ3v) is 10.7. The van der Waals surface area contributed by atoms with Crippen molar-refractivity contribution in [1.29, 1.82) is 0 Å². The fraction of sp³-hybridized carbons (Fsp3) is 0. The van der Waals surface area contributed by atoms with Crippen molar-refractivity contribution in [2.45, 2.75) is 0 Å². The molecule has 0 aliphatic carbocycles. The number of rotatable bonds is 8. The minimum Gasteiger partial charge on any atom is -0.456 e. The van der Waals surface area contributed by atoms with E-state index in [0.29, 0.717) is 0 Å². The molecule has 0 N–H and O–H groups in total. The molecule has 264 valence electrons. The lowest BCUT2D eigenvalue weighted by atomic mass is 9.87. The number of anilines is 3. The van der Waals surface area contributed by atoms with Gasteiger partial charge in [0, 0.05) is 27.7 Å². The van der Waals surface area contributed by atoms with Gasteiger partial charge in [0.1, 0.15) is 11.2 Å². The van der Waals surface area contributed by atoms with Crippen LogP contribution in [-0.2, 0) is 0 Å². The topological polar surface area (TPSA) is 16.4 Å². The van der Waals surface area contributed by atoms with E-state index >= 15 is 0 Å². The Balaban J connectivity index is 1.09. The van der Waals surface area contributed by atoms with Gasteiger partial charge >= 0.3 is 0 Å². The first-order chi connectivity index (χ1) is 27.8. The molecular weight excluding hydrogens is 679 g/mol. The zero-order valence-corrected chi connectivity index (χ0v) is 30.7. The second-order valence-electron chi connectivity index (χ2n) is 14.1. The van der Waals surface area contributed by atoms with E-state index in [1.807, 2.05) is 12.1 Å². The van der Waals surface area contributed by atoms with E-state index in [0.717, 1.165) is 55.7 Å². The highest BCUT2D eigenvalue weighted by molar-refractivity contribution is 6.06. The molecule has 0 saturated heterocycles. The number of para-hydroxylation sites is 3. The summed E-state index contributed by atoms with van der Waals surface area (Å²) in [5.41, 5.74) is 16.8. The number of furan rings is 1. The fourth-order valence-corrected chi connectivity index (χ4v) is 8.01. The van der Waals surface area contributed by atoms with Crippen LogP contribution in [0.5, 0.6) is 0 Å². The van der Waals surface area contributed by atoms with Gasteiger partial charge in [-0.2, -0.15) is 0 Å². The highest BCUT2D eigenvalue weighted by Gasteiger charge is 2.20. The molecule has 0 aliphatic heterocycles. The van der Waals surface area contributed by atoms with Gasteiger partial charge in [0.15, 0.2) is 0 Å². The second kappa shape index (κ2) is 14.4. The molecule has 0 unspecified atom stereocenters. The van der Waals surface area contributed by atoms with Gasteiger partial charge in [-0.05, 0) is 105 Å². The molecule has 10 aromatic rings. The van der Waals surface area contributed by atoms with Crippen LogP contribution in [-0.4, -0.2) is 0 Å². The summed E-state index contributed by atoms with van der Waals surface area (Å²) in [5, 5.41) is 2.28. The van der Waals surface area contributed by atoms with Crippen molar-refractivity contribution < 1.29 is 4.42 Å². The maximum Gasteiger partial charge on any atom is 0.136 e. The van der Waals surface area contributed by atoms with E-state index in [4.69, 9.17) is 4.42 Å². The van der Waals surface area contributed by atoms with Crippen molar-refractivity contribution in [1.82, 2.24) is 0 Å². The average molecular weight is 716 g/mol. The number of nitrogens with zero attached hydrogens (tertiary/aromatic N) is 1. The molecule has 9 aromatic carbocycles. The Morgan fingerprint density at radius 2 is 0.750 bits per heavy atom. The fourth-order valence-electron chi connectivity index (χ4n) is 8.01. The maximum absolute atomic E-state index is 6.24. The lowest BCUT2D eigenvalue weighted by molar-refractivity contribution is 0.669. The molecule has 0 amide bonds. The van der Waals surface area contributed by atoms with Crippen molar-refractivity contribution in [3.05, 3.63) is 224 Å². The molecule has 0 bridgehead atoms. The second-order valence-corrected chi connectivity index (χ2v) is 14.1. The first-order valence-electron chi connectivity index (χ1n) is 19.1. The van der Waals surface area contributed by atoms with Crippen LogP contribution in [0.2, 0.25) is 0 Å². The average Bonchev–Trinajstić information content (AvgIpc) is 3.66. The minimum atomic E-state index is 0.899. The van der Waals surface area contributed by atoms with Crippen LogP contribution in [0.25, 0.3) is 77.6 Å². The summed E-state index contributed by atoms with van der Waals surface area (Å²) in [6.07, 6.45) is 0. The van der Waals surface area contributed by atoms with E-state index in [2.05, 4.69) is 217 Å². The molecule has 0 atom stereocenters. The number of fused-ring (bicyclic) bond motifs is 3. The summed E-state index contributed by atoms with van der Waals surface area (Å²) in [7, 11) is 0. The zero-order valence-electron chi connectivity index (χ0n) is 30.7. The van der Waals surface area contributed by atoms with Gasteiger partial charge in [0.2, 0.25) is 0 Å². The maximum atomic E-state index is 6.24. The van der Waals surface area contributed by atoms with Crippen molar-refractivity contribution >= 4 is 39.0 Å². The van der Waals surface area contributed by atoms with E-state index in [-0.39, 0.29) is 0 Å². The lowest BCUT2D eigenvalue weighted by Crippen LogP contribution is -2.11. The monoisotopic (exact) mass is 715 g/mol. The van der Waals surface area contributed by atoms with Gasteiger partial charge < -0.3 is 9.32 Å². The summed E-state index contributed by atoms with van der Waals surface area (Å²) in [4.78, 5) is 2.37. The van der Waals surface area contributed by atoms with Crippen LogP contribution in [0.3, 0.4) is 0 Å². The molecule has 0 spiro atoms. The Morgan fingerprint density at radius 1 is 0.268 bits per heavy atom. The van der Waals surface area contributed by atoms with E-state index in [1.165, 1.54) is 38.9 Å². The molecular formula is C54H37NO. The van der Waals surface area contributed by atoms with Crippen LogP contribution in [0.15, 0.2) is 229 Å². The van der Waals surface area contributed by atoms with Gasteiger partial charge in [-0.3, -0.25) is 0 Å². The Hall–Kier alpha value is -7.42. The highest BCUT2D eigenvalue weighted by Crippen LogP contribution is 2.46. The standard InChI is InChI=1S/C54H37NO/c1-4-16-38(17-5-1)41-30-34-47(51(36-41)40-18-6-2-7-19-40)45-22-10-11-23-46(45)48-24-12-14-26-52(48)55(43-20-8-3-9-21-43)44-32-28-39(29-33-44)42-31-35-50-49-25-13-15-27-53(49)56-54(50)37-42/h1-37H. The molecule has 0 radical (unpaired) electrons. The molecule has 56 heavy (non-hydrogen) atoms. The van der Waals surface area contributed by atoms with Crippen molar-refractivity contribution in [2.24, 2.45) is 0 Å². The van der Waals surface area contributed by atoms with Gasteiger partial charge in [-0.15, -0.1) is 0 Å². The van der Waals surface area contributed by atoms with Crippen molar-refractivity contribution in [2.75, 3.05) is 4.90 Å². The molecule has 0 aliphatic rings. The quantitative estimate of drug-likeness (QED) is 0.156. The van der Waals surface area contributed by atoms with E-state index < -0.39 is 0 Å². The molecule has 0 fully saturated rings. The van der Waals surface area contributed by atoms with Gasteiger partial charge in [0.25, 0.3) is 0 Å². The van der Waals surface area contributed by atoms with Crippen LogP contribution in [0.1, 0.15) is 0 Å². The van der Waals surface area contributed by atoms with E-state index in [1.54, 1.807) is 0 Å². The predicted molar refractivity (Wildman–Crippen MR) is 236 cm³/mol. The smallest absolute Gasteiger partial charge is 0.136 e. The van der Waals surface area contributed by atoms with Crippen LogP contribution in [0.4, 0.5) is 17.1 Å². The minimum absolute atomic E-state index is 0.899. The highest BCUT2D eigenvalue weighted by atomic mass is 16.3. The van der Waals surface area contributed by atoms with Crippen molar-refractivity contribution in [3.63, 3.8) is 0 Å². The molecule has 1 heterocycles. The SMILES string of the molecule is c1ccc(-c2ccc(-c3ccccc3-c3ccccc3N(c3ccccc3)c3ccc(-c4ccc5c(c4)oc4ccccc45)cc3)c(-c3ccccc3)c2)cc1. The number of hydrogen-bond donors (Lipinski definition) is 0. The third-order valence-electron chi connectivity index (χ3n) is 10.7. The largest absolute Gasteiger partial charge is 0.456 e. The van der Waals surface area contributed by atoms with Crippen LogP contribution < -0.4 is 4.90 Å². The Bertz CT molecular complexity index is 2950. The number of benzene rings is 9. The molecule has 0 saturated carbocycles. The van der Waals surface area contributed by atoms with Gasteiger partial charge in [-0.1, -0.05) is 170 Å². The van der Waals surface area contributed by atoms with Crippen LogP contribution >= 0.6 is 0 Å². The number of hydrogen-bond acceptors (Lipinski definition) is 2. The Morgan fingerprint density at radius 3 is 1.50 bits per heavy atom. The van der Waals surface area contributed by atoms with E-state index in [9.17, 15) is 0 Å². The van der Waals surface area contributed by atoms with Gasteiger partial charge in [-0.25, -0.2) is 0 Å². The zero-order chi connectivity index (χ0) is 37.3. The molecule has 2 nitrogen and oxygen atoms in total. The predicted octanol–water partition coefficient (Wildman–Crippen LogP) is 15.4. The summed E-state index contributed by atoms with van der Waals surface area (Å²) in [6.45, 7) is 0. The summed E-state index contributed by atoms with van der Waals surface area (Å²) in [5.74, 6) is 0. The third kappa shape index (κ3) is 6.14. The molecule has 2 heteroatoms. The normalized spacial score (nSPS) is 11.2. The van der Waals surface area contributed by atoms with Crippen LogP contribution in [0, 0.1) is 0 Å².